The molecule has 1 unspecified atom stereocenters. The van der Waals surface area contributed by atoms with Gasteiger partial charge in [-0.2, -0.15) is 4.98 Å². The van der Waals surface area contributed by atoms with Crippen molar-refractivity contribution in [2.24, 2.45) is 0 Å². The summed E-state index contributed by atoms with van der Waals surface area (Å²) in [6.45, 7) is 6.22. The van der Waals surface area contributed by atoms with E-state index in [1.54, 1.807) is 0 Å². The number of esters is 1. The van der Waals surface area contributed by atoms with E-state index in [4.69, 9.17) is 13.7 Å². The summed E-state index contributed by atoms with van der Waals surface area (Å²) in [4.78, 5) is 21.0. The zero-order valence-electron chi connectivity index (χ0n) is 16.6. The first kappa shape index (κ1) is 19.4. The third-order valence-corrected chi connectivity index (χ3v) is 5.30. The lowest BCUT2D eigenvalue weighted by Gasteiger charge is -2.36. The Kier molecular flexibility index (Phi) is 5.73. The minimum Gasteiger partial charge on any atom is -0.463 e. The van der Waals surface area contributed by atoms with Crippen LogP contribution in [0.2, 0.25) is 0 Å². The van der Waals surface area contributed by atoms with E-state index >= 15 is 0 Å². The predicted molar refractivity (Wildman–Crippen MR) is 105 cm³/mol. The van der Waals surface area contributed by atoms with Crippen LogP contribution in [0, 0.1) is 0 Å². The van der Waals surface area contributed by atoms with Gasteiger partial charge in [-0.15, -0.1) is 0 Å². The van der Waals surface area contributed by atoms with Gasteiger partial charge in [0.2, 0.25) is 17.5 Å². The third-order valence-electron chi connectivity index (χ3n) is 5.30. The Morgan fingerprint density at radius 1 is 1.17 bits per heavy atom. The van der Waals surface area contributed by atoms with E-state index in [1.807, 2.05) is 36.4 Å². The first-order valence-electron chi connectivity index (χ1n) is 9.66. The summed E-state index contributed by atoms with van der Waals surface area (Å²) in [6, 6.07) is 11.7. The quantitative estimate of drug-likeness (QED) is 0.588. The Labute approximate surface area is 169 Å². The van der Waals surface area contributed by atoms with E-state index in [1.165, 1.54) is 13.4 Å². The third kappa shape index (κ3) is 4.23. The number of methoxy groups -OCH3 is 1. The van der Waals surface area contributed by atoms with Gasteiger partial charge in [0, 0.05) is 43.9 Å². The highest BCUT2D eigenvalue weighted by Crippen LogP contribution is 2.24. The van der Waals surface area contributed by atoms with Crippen LogP contribution in [-0.2, 0) is 11.3 Å². The van der Waals surface area contributed by atoms with Crippen LogP contribution in [-0.4, -0.2) is 59.2 Å². The number of furan rings is 1. The summed E-state index contributed by atoms with van der Waals surface area (Å²) in [6.07, 6.45) is 1.53. The summed E-state index contributed by atoms with van der Waals surface area (Å²) in [7, 11) is 1.36. The molecule has 4 rings (SSSR count). The summed E-state index contributed by atoms with van der Waals surface area (Å²) in [5, 5.41) is 4.12. The molecule has 1 aliphatic rings. The van der Waals surface area contributed by atoms with Gasteiger partial charge in [0.25, 0.3) is 0 Å². The molecule has 1 fully saturated rings. The summed E-state index contributed by atoms with van der Waals surface area (Å²) >= 11 is 0. The molecule has 1 aliphatic heterocycles. The molecule has 1 atom stereocenters. The van der Waals surface area contributed by atoms with Crippen molar-refractivity contribution in [3.05, 3.63) is 59.9 Å². The Morgan fingerprint density at radius 2 is 1.93 bits per heavy atom. The Morgan fingerprint density at radius 3 is 2.66 bits per heavy atom. The minimum absolute atomic E-state index is 0.0432. The topological polar surface area (TPSA) is 84.8 Å². The molecule has 8 heteroatoms. The standard InChI is InChI=1S/C21H24N4O4/c1-15(20-22-19(23-29-20)16-6-4-3-5-7-16)25-11-9-24(10-12-25)14-17-8-13-28-18(17)21(26)27-2/h3-8,13,15H,9-12,14H2,1-2H3. The smallest absolute Gasteiger partial charge is 0.374 e. The van der Waals surface area contributed by atoms with E-state index < -0.39 is 5.97 Å². The average Bonchev–Trinajstić information content (AvgIpc) is 3.44. The SMILES string of the molecule is COC(=O)c1occc1CN1CCN(C(C)c2nc(-c3ccccc3)no2)CC1. The van der Waals surface area contributed by atoms with Gasteiger partial charge in [0.15, 0.2) is 0 Å². The van der Waals surface area contributed by atoms with Gasteiger partial charge in [-0.25, -0.2) is 4.79 Å². The van der Waals surface area contributed by atoms with Crippen LogP contribution >= 0.6 is 0 Å². The number of ether oxygens (including phenoxy) is 1. The summed E-state index contributed by atoms with van der Waals surface area (Å²) in [5.41, 5.74) is 1.80. The Balaban J connectivity index is 1.35. The molecule has 0 N–H and O–H groups in total. The first-order valence-corrected chi connectivity index (χ1v) is 9.66. The highest BCUT2D eigenvalue weighted by molar-refractivity contribution is 5.87. The van der Waals surface area contributed by atoms with E-state index in [-0.39, 0.29) is 11.8 Å². The minimum atomic E-state index is -0.442. The van der Waals surface area contributed by atoms with Crippen molar-refractivity contribution >= 4 is 5.97 Å². The lowest BCUT2D eigenvalue weighted by atomic mass is 10.2. The van der Waals surface area contributed by atoms with Crippen LogP contribution in [0.5, 0.6) is 0 Å². The van der Waals surface area contributed by atoms with Crippen molar-refractivity contribution in [2.45, 2.75) is 19.5 Å². The summed E-state index contributed by atoms with van der Waals surface area (Å²) < 4.78 is 15.6. The van der Waals surface area contributed by atoms with Crippen LogP contribution in [0.3, 0.4) is 0 Å². The van der Waals surface area contributed by atoms with Gasteiger partial charge >= 0.3 is 5.97 Å². The number of benzene rings is 1. The molecule has 0 spiro atoms. The molecule has 2 aromatic heterocycles. The van der Waals surface area contributed by atoms with E-state index in [9.17, 15) is 4.79 Å². The largest absolute Gasteiger partial charge is 0.463 e. The van der Waals surface area contributed by atoms with E-state index in [0.29, 0.717) is 18.3 Å². The summed E-state index contributed by atoms with van der Waals surface area (Å²) in [5.74, 6) is 1.08. The van der Waals surface area contributed by atoms with Gasteiger partial charge in [-0.1, -0.05) is 35.5 Å². The number of aromatic nitrogens is 2. The molecule has 3 heterocycles. The fourth-order valence-corrected chi connectivity index (χ4v) is 3.55. The van der Waals surface area contributed by atoms with Gasteiger partial charge in [-0.3, -0.25) is 9.80 Å². The number of piperazine rings is 1. The molecule has 0 saturated carbocycles. The van der Waals surface area contributed by atoms with Gasteiger partial charge in [-0.05, 0) is 13.0 Å². The molecule has 0 radical (unpaired) electrons. The van der Waals surface area contributed by atoms with Gasteiger partial charge < -0.3 is 13.7 Å². The second-order valence-corrected chi connectivity index (χ2v) is 7.08. The van der Waals surface area contributed by atoms with Crippen LogP contribution in [0.15, 0.2) is 51.6 Å². The maximum atomic E-state index is 11.8. The maximum absolute atomic E-state index is 11.8. The highest BCUT2D eigenvalue weighted by atomic mass is 16.5. The number of rotatable bonds is 6. The van der Waals surface area contributed by atoms with Crippen molar-refractivity contribution in [2.75, 3.05) is 33.3 Å². The van der Waals surface area contributed by atoms with Crippen molar-refractivity contribution in [1.29, 1.82) is 0 Å². The molecule has 3 aromatic rings. The van der Waals surface area contributed by atoms with Crippen molar-refractivity contribution in [1.82, 2.24) is 19.9 Å². The Hall–Kier alpha value is -2.97. The molecular weight excluding hydrogens is 372 g/mol. The Bertz CT molecular complexity index is 945. The number of carbonyl (C=O) groups is 1. The molecule has 1 aromatic carbocycles. The fourth-order valence-electron chi connectivity index (χ4n) is 3.55. The first-order chi connectivity index (χ1) is 14.2. The fraction of sp³-hybridized carbons (Fsp3) is 0.381. The van der Waals surface area contributed by atoms with Crippen molar-refractivity contribution < 1.29 is 18.5 Å². The zero-order valence-corrected chi connectivity index (χ0v) is 16.6. The molecule has 152 valence electrons. The van der Waals surface area contributed by atoms with Crippen molar-refractivity contribution in [3.63, 3.8) is 0 Å². The van der Waals surface area contributed by atoms with E-state index in [2.05, 4.69) is 26.9 Å². The number of hydrogen-bond acceptors (Lipinski definition) is 8. The number of nitrogens with zero attached hydrogens (tertiary/aromatic N) is 4. The molecular formula is C21H24N4O4. The number of hydrogen-bond donors (Lipinski definition) is 0. The zero-order chi connectivity index (χ0) is 20.2. The van der Waals surface area contributed by atoms with Crippen LogP contribution < -0.4 is 0 Å². The molecule has 0 bridgehead atoms. The monoisotopic (exact) mass is 396 g/mol. The molecule has 29 heavy (non-hydrogen) atoms. The normalized spacial score (nSPS) is 16.6. The number of carbonyl (C=O) groups excluding carboxylic acids is 1. The molecule has 1 saturated heterocycles. The maximum Gasteiger partial charge on any atom is 0.374 e. The molecule has 8 nitrogen and oxygen atoms in total. The van der Waals surface area contributed by atoms with Crippen molar-refractivity contribution in [3.8, 4) is 11.4 Å². The molecule has 0 aliphatic carbocycles. The second-order valence-electron chi connectivity index (χ2n) is 7.08. The van der Waals surface area contributed by atoms with Gasteiger partial charge in [0.1, 0.15) is 0 Å². The van der Waals surface area contributed by atoms with Crippen LogP contribution in [0.25, 0.3) is 11.4 Å². The van der Waals surface area contributed by atoms with Crippen LogP contribution in [0.1, 0.15) is 35.0 Å². The van der Waals surface area contributed by atoms with E-state index in [0.717, 1.165) is 37.3 Å². The second kappa shape index (κ2) is 8.59. The highest BCUT2D eigenvalue weighted by Gasteiger charge is 2.27. The predicted octanol–water partition coefficient (Wildman–Crippen LogP) is 3.00. The lowest BCUT2D eigenvalue weighted by molar-refractivity contribution is 0.0557. The molecule has 0 amide bonds. The lowest BCUT2D eigenvalue weighted by Crippen LogP contribution is -2.46. The average molecular weight is 396 g/mol. The van der Waals surface area contributed by atoms with Crippen LogP contribution in [0.4, 0.5) is 0 Å². The van der Waals surface area contributed by atoms with Gasteiger partial charge in [0.05, 0.1) is 19.4 Å².